The largest absolute Gasteiger partial charge is 0.382 e. The van der Waals surface area contributed by atoms with Crippen LogP contribution in [0.2, 0.25) is 5.15 Å². The van der Waals surface area contributed by atoms with Gasteiger partial charge in [0.25, 0.3) is 0 Å². The third-order valence-corrected chi connectivity index (χ3v) is 5.70. The van der Waals surface area contributed by atoms with Crippen LogP contribution in [-0.4, -0.2) is 32.3 Å². The van der Waals surface area contributed by atoms with Crippen molar-refractivity contribution in [2.75, 3.05) is 5.32 Å². The maximum absolute atomic E-state index is 12.8. The quantitative estimate of drug-likeness (QED) is 0.767. The summed E-state index contributed by atoms with van der Waals surface area (Å²) < 4.78 is 26.3. The van der Waals surface area contributed by atoms with Crippen molar-refractivity contribution in [3.63, 3.8) is 0 Å². The number of rotatable bonds is 4. The maximum Gasteiger partial charge on any atom is 0.333 e. The van der Waals surface area contributed by atoms with Gasteiger partial charge in [0.1, 0.15) is 5.15 Å². The van der Waals surface area contributed by atoms with Crippen molar-refractivity contribution in [1.29, 1.82) is 0 Å². The molecule has 2 N–H and O–H groups in total. The Morgan fingerprint density at radius 1 is 1.33 bits per heavy atom. The van der Waals surface area contributed by atoms with Gasteiger partial charge in [0.2, 0.25) is 5.91 Å². The van der Waals surface area contributed by atoms with Crippen LogP contribution in [0.5, 0.6) is 0 Å². The summed E-state index contributed by atoms with van der Waals surface area (Å²) in [6.07, 6.45) is 7.95. The molecule has 2 aromatic heterocycles. The fraction of sp³-hybridized carbons (Fsp3) is 0.500. The molecule has 0 radical (unpaired) electrons. The number of anilines is 1. The predicted octanol–water partition coefficient (Wildman–Crippen LogP) is 4.00. The van der Waals surface area contributed by atoms with Crippen LogP contribution in [0, 0.1) is 0 Å². The second-order valence-electron chi connectivity index (χ2n) is 7.26. The highest BCUT2D eigenvalue weighted by molar-refractivity contribution is 6.29. The van der Waals surface area contributed by atoms with Crippen LogP contribution in [0.25, 0.3) is 11.3 Å². The first-order valence-corrected chi connectivity index (χ1v) is 9.39. The van der Waals surface area contributed by atoms with E-state index in [0.29, 0.717) is 27.5 Å². The van der Waals surface area contributed by atoms with Gasteiger partial charge in [-0.2, -0.15) is 13.9 Å². The number of halogens is 3. The SMILES string of the molecule is O=C1CCC2(CCC(Nc3cc(Cl)ncc3-c3ccn(C(F)F)n3)CC2)N1. The minimum Gasteiger partial charge on any atom is -0.382 e. The Hall–Kier alpha value is -2.22. The van der Waals surface area contributed by atoms with Gasteiger partial charge >= 0.3 is 6.55 Å². The van der Waals surface area contributed by atoms with Gasteiger partial charge in [0, 0.05) is 41.6 Å². The van der Waals surface area contributed by atoms with Crippen LogP contribution in [0.15, 0.2) is 24.5 Å². The predicted molar refractivity (Wildman–Crippen MR) is 97.7 cm³/mol. The molecule has 0 bridgehead atoms. The lowest BCUT2D eigenvalue weighted by molar-refractivity contribution is -0.120. The number of nitrogens with one attached hydrogen (secondary N) is 2. The van der Waals surface area contributed by atoms with Crippen LogP contribution < -0.4 is 10.6 Å². The van der Waals surface area contributed by atoms with E-state index in [-0.39, 0.29) is 17.5 Å². The number of hydrogen-bond donors (Lipinski definition) is 2. The van der Waals surface area contributed by atoms with Gasteiger partial charge < -0.3 is 10.6 Å². The van der Waals surface area contributed by atoms with E-state index in [1.165, 1.54) is 12.3 Å². The topological polar surface area (TPSA) is 71.8 Å². The molecule has 0 aromatic carbocycles. The molecular formula is C18H20ClF2N5O. The van der Waals surface area contributed by atoms with Crippen LogP contribution in [-0.2, 0) is 4.79 Å². The second-order valence-corrected chi connectivity index (χ2v) is 7.65. The molecule has 1 saturated heterocycles. The zero-order chi connectivity index (χ0) is 19.0. The summed E-state index contributed by atoms with van der Waals surface area (Å²) in [7, 11) is 0. The van der Waals surface area contributed by atoms with E-state index in [9.17, 15) is 13.6 Å². The van der Waals surface area contributed by atoms with E-state index in [1.807, 2.05) is 0 Å². The van der Waals surface area contributed by atoms with E-state index in [1.54, 1.807) is 12.3 Å². The van der Waals surface area contributed by atoms with Gasteiger partial charge in [-0.25, -0.2) is 9.67 Å². The number of amides is 1. The van der Waals surface area contributed by atoms with E-state index in [4.69, 9.17) is 11.6 Å². The molecule has 1 spiro atoms. The smallest absolute Gasteiger partial charge is 0.333 e. The number of alkyl halides is 2. The summed E-state index contributed by atoms with van der Waals surface area (Å²) in [5.74, 6) is 0.138. The van der Waals surface area contributed by atoms with E-state index < -0.39 is 6.55 Å². The van der Waals surface area contributed by atoms with Crippen molar-refractivity contribution < 1.29 is 13.6 Å². The van der Waals surface area contributed by atoms with Crippen molar-refractivity contribution in [3.05, 3.63) is 29.7 Å². The van der Waals surface area contributed by atoms with Gasteiger partial charge in [-0.3, -0.25) is 4.79 Å². The Labute approximate surface area is 160 Å². The van der Waals surface area contributed by atoms with Crippen molar-refractivity contribution in [2.24, 2.45) is 0 Å². The lowest BCUT2D eigenvalue weighted by Gasteiger charge is -2.37. The van der Waals surface area contributed by atoms with Crippen LogP contribution in [0.4, 0.5) is 14.5 Å². The molecule has 1 saturated carbocycles. The molecule has 144 valence electrons. The third kappa shape index (κ3) is 3.76. The Morgan fingerprint density at radius 2 is 2.11 bits per heavy atom. The molecule has 27 heavy (non-hydrogen) atoms. The molecule has 1 aliphatic heterocycles. The van der Waals surface area contributed by atoms with Gasteiger partial charge in [-0.05, 0) is 44.2 Å². The van der Waals surface area contributed by atoms with E-state index >= 15 is 0 Å². The Morgan fingerprint density at radius 3 is 2.74 bits per heavy atom. The molecule has 2 fully saturated rings. The molecule has 9 heteroatoms. The molecule has 6 nitrogen and oxygen atoms in total. The Bertz CT molecular complexity index is 848. The molecule has 2 aromatic rings. The summed E-state index contributed by atoms with van der Waals surface area (Å²) in [5.41, 5.74) is 1.72. The first kappa shape index (κ1) is 18.2. The number of aromatic nitrogens is 3. The summed E-state index contributed by atoms with van der Waals surface area (Å²) >= 11 is 6.05. The molecule has 3 heterocycles. The molecule has 4 rings (SSSR count). The monoisotopic (exact) mass is 395 g/mol. The number of pyridine rings is 1. The number of hydrogen-bond acceptors (Lipinski definition) is 4. The van der Waals surface area contributed by atoms with Gasteiger partial charge in [0.05, 0.1) is 5.69 Å². The van der Waals surface area contributed by atoms with Crippen molar-refractivity contribution in [1.82, 2.24) is 20.1 Å². The minimum absolute atomic E-state index is 0.0516. The van der Waals surface area contributed by atoms with Gasteiger partial charge in [-0.1, -0.05) is 11.6 Å². The Kier molecular flexibility index (Phi) is 4.75. The van der Waals surface area contributed by atoms with Gasteiger partial charge in [0.15, 0.2) is 0 Å². The Balaban J connectivity index is 1.50. The third-order valence-electron chi connectivity index (χ3n) is 5.49. The molecule has 0 atom stereocenters. The minimum atomic E-state index is -2.69. The highest BCUT2D eigenvalue weighted by Crippen LogP contribution is 2.38. The summed E-state index contributed by atoms with van der Waals surface area (Å²) in [5, 5.41) is 10.9. The highest BCUT2D eigenvalue weighted by Gasteiger charge is 2.40. The number of carbonyl (C=O) groups is 1. The normalized spacial score (nSPS) is 25.2. The highest BCUT2D eigenvalue weighted by atomic mass is 35.5. The van der Waals surface area contributed by atoms with E-state index in [2.05, 4.69) is 20.7 Å². The zero-order valence-corrected chi connectivity index (χ0v) is 15.3. The number of carbonyl (C=O) groups excluding carboxylic acids is 1. The lowest BCUT2D eigenvalue weighted by Crippen LogP contribution is -2.46. The van der Waals surface area contributed by atoms with Crippen molar-refractivity contribution >= 4 is 23.2 Å². The summed E-state index contributed by atoms with van der Waals surface area (Å²) in [6, 6.07) is 3.44. The zero-order valence-electron chi connectivity index (χ0n) is 14.6. The van der Waals surface area contributed by atoms with Crippen LogP contribution >= 0.6 is 11.6 Å². The molecular weight excluding hydrogens is 376 g/mol. The van der Waals surface area contributed by atoms with Crippen LogP contribution in [0.3, 0.4) is 0 Å². The van der Waals surface area contributed by atoms with Gasteiger partial charge in [-0.15, -0.1) is 0 Å². The fourth-order valence-corrected chi connectivity index (χ4v) is 4.18. The molecule has 0 unspecified atom stereocenters. The first-order valence-electron chi connectivity index (χ1n) is 9.01. The lowest BCUT2D eigenvalue weighted by atomic mass is 9.78. The fourth-order valence-electron chi connectivity index (χ4n) is 4.03. The second kappa shape index (κ2) is 7.07. The number of nitrogens with zero attached hydrogens (tertiary/aromatic N) is 3. The maximum atomic E-state index is 12.8. The average Bonchev–Trinajstić information content (AvgIpc) is 3.25. The van der Waals surface area contributed by atoms with E-state index in [0.717, 1.165) is 37.8 Å². The molecule has 1 amide bonds. The summed E-state index contributed by atoms with van der Waals surface area (Å²) in [4.78, 5) is 15.6. The molecule has 1 aliphatic carbocycles. The standard InChI is InChI=1S/C18H20ClF2N5O/c19-15-9-14(12(10-22-15)13-4-8-26(25-13)17(20)21)23-11-1-5-18(6-2-11)7-3-16(27)24-18/h4,8-11,17H,1-3,5-7H2,(H,22,23)(H,24,27). The average molecular weight is 396 g/mol. The van der Waals surface area contributed by atoms with Crippen molar-refractivity contribution in [2.45, 2.75) is 56.7 Å². The summed E-state index contributed by atoms with van der Waals surface area (Å²) in [6.45, 7) is -2.69. The van der Waals surface area contributed by atoms with Crippen LogP contribution in [0.1, 0.15) is 45.1 Å². The van der Waals surface area contributed by atoms with Crippen molar-refractivity contribution in [3.8, 4) is 11.3 Å². The first-order chi connectivity index (χ1) is 12.9. The molecule has 2 aliphatic rings.